The molecule has 0 radical (unpaired) electrons. The Hall–Kier alpha value is -1.13. The molecule has 1 fully saturated rings. The molecule has 0 aliphatic heterocycles. The maximum atomic E-state index is 3.02. The van der Waals surface area contributed by atoms with Gasteiger partial charge in [0.1, 0.15) is 0 Å². The molecular weight excluding hydrogens is 223 g/mol. The van der Waals surface area contributed by atoms with Crippen LogP contribution in [0.3, 0.4) is 0 Å². The topological polar surface area (TPSA) is 0 Å². The van der Waals surface area contributed by atoms with Gasteiger partial charge in [-0.25, -0.2) is 0 Å². The largest absolute Gasteiger partial charge is 0.133 e. The van der Waals surface area contributed by atoms with Crippen LogP contribution in [0.2, 0.25) is 0 Å². The zero-order chi connectivity index (χ0) is 11.9. The molecule has 1 saturated carbocycles. The molecule has 1 aliphatic rings. The van der Waals surface area contributed by atoms with Crippen molar-refractivity contribution in [3.8, 4) is 0 Å². The van der Waals surface area contributed by atoms with E-state index in [0.717, 1.165) is 0 Å². The van der Waals surface area contributed by atoms with Crippen LogP contribution in [0.15, 0.2) is 60.7 Å². The highest BCUT2D eigenvalue weighted by molar-refractivity contribution is 7.18. The minimum Gasteiger partial charge on any atom is -0.133 e. The molecule has 86 valence electrons. The minimum absolute atomic E-state index is 0.215. The van der Waals surface area contributed by atoms with Crippen molar-refractivity contribution in [1.29, 1.82) is 0 Å². The van der Waals surface area contributed by atoms with E-state index in [-0.39, 0.29) is 5.41 Å². The van der Waals surface area contributed by atoms with E-state index in [2.05, 4.69) is 76.8 Å². The van der Waals surface area contributed by atoms with Crippen LogP contribution in [0.4, 0.5) is 0 Å². The van der Waals surface area contributed by atoms with E-state index in [0.29, 0.717) is 11.6 Å². The summed E-state index contributed by atoms with van der Waals surface area (Å²) in [6.07, 6.45) is 0. The quantitative estimate of drug-likeness (QED) is 0.699. The molecule has 0 amide bonds. The summed E-state index contributed by atoms with van der Waals surface area (Å²) in [5, 5.41) is 0. The SMILES string of the molecule is CC1C(P)C1(c1ccccc1)c1ccccc1. The lowest BCUT2D eigenvalue weighted by Gasteiger charge is -2.18. The van der Waals surface area contributed by atoms with Gasteiger partial charge < -0.3 is 0 Å². The summed E-state index contributed by atoms with van der Waals surface area (Å²) >= 11 is 0. The van der Waals surface area contributed by atoms with E-state index >= 15 is 0 Å². The van der Waals surface area contributed by atoms with Gasteiger partial charge in [-0.15, -0.1) is 9.24 Å². The van der Waals surface area contributed by atoms with Gasteiger partial charge in [-0.2, -0.15) is 0 Å². The molecule has 3 unspecified atom stereocenters. The Balaban J connectivity index is 2.14. The summed E-state index contributed by atoms with van der Waals surface area (Å²) in [5.74, 6) is 0.692. The fraction of sp³-hybridized carbons (Fsp3) is 0.250. The van der Waals surface area contributed by atoms with E-state index in [1.54, 1.807) is 0 Å². The highest BCUT2D eigenvalue weighted by Gasteiger charge is 2.61. The van der Waals surface area contributed by atoms with Crippen LogP contribution in [-0.4, -0.2) is 5.66 Å². The van der Waals surface area contributed by atoms with Gasteiger partial charge in [-0.05, 0) is 22.7 Å². The van der Waals surface area contributed by atoms with Crippen LogP contribution in [0.25, 0.3) is 0 Å². The Labute approximate surface area is 105 Å². The molecule has 0 nitrogen and oxygen atoms in total. The zero-order valence-electron chi connectivity index (χ0n) is 10.0. The molecule has 2 aromatic rings. The van der Waals surface area contributed by atoms with Gasteiger partial charge in [-0.3, -0.25) is 0 Å². The monoisotopic (exact) mass is 240 g/mol. The van der Waals surface area contributed by atoms with E-state index in [1.165, 1.54) is 11.1 Å². The predicted molar refractivity (Wildman–Crippen MR) is 76.3 cm³/mol. The lowest BCUT2D eigenvalue weighted by molar-refractivity contribution is 0.749. The van der Waals surface area contributed by atoms with Gasteiger partial charge in [0.05, 0.1) is 0 Å². The van der Waals surface area contributed by atoms with Crippen molar-refractivity contribution in [2.75, 3.05) is 0 Å². The molecule has 1 heteroatoms. The predicted octanol–water partition coefficient (Wildman–Crippen LogP) is 3.87. The first kappa shape index (κ1) is 11.0. The van der Waals surface area contributed by atoms with E-state index in [1.807, 2.05) is 0 Å². The molecule has 3 atom stereocenters. The summed E-state index contributed by atoms with van der Waals surface area (Å²) in [6.45, 7) is 2.34. The first-order chi connectivity index (χ1) is 8.28. The van der Waals surface area contributed by atoms with E-state index in [4.69, 9.17) is 0 Å². The molecule has 0 aromatic heterocycles. The van der Waals surface area contributed by atoms with Crippen molar-refractivity contribution in [2.45, 2.75) is 18.0 Å². The van der Waals surface area contributed by atoms with Crippen LogP contribution < -0.4 is 0 Å². The smallest absolute Gasteiger partial charge is 0.0300 e. The van der Waals surface area contributed by atoms with E-state index in [9.17, 15) is 0 Å². The third-order valence-corrected chi connectivity index (χ3v) is 5.28. The van der Waals surface area contributed by atoms with Crippen LogP contribution in [0.5, 0.6) is 0 Å². The molecule has 3 rings (SSSR count). The van der Waals surface area contributed by atoms with Gasteiger partial charge in [-0.1, -0.05) is 67.6 Å². The lowest BCUT2D eigenvalue weighted by Crippen LogP contribution is -2.13. The van der Waals surface area contributed by atoms with E-state index < -0.39 is 0 Å². The third kappa shape index (κ3) is 1.47. The van der Waals surface area contributed by atoms with Gasteiger partial charge >= 0.3 is 0 Å². The maximum Gasteiger partial charge on any atom is 0.0300 e. The Bertz CT molecular complexity index is 454. The first-order valence-corrected chi connectivity index (χ1v) is 6.81. The van der Waals surface area contributed by atoms with Gasteiger partial charge in [0.25, 0.3) is 0 Å². The molecule has 0 spiro atoms. The third-order valence-electron chi connectivity index (χ3n) is 4.18. The summed E-state index contributed by atoms with van der Waals surface area (Å²) < 4.78 is 0. The standard InChI is InChI=1S/C16H17P/c1-12-15(17)16(12,13-8-4-2-5-9-13)14-10-6-3-7-11-14/h2-12,15H,17H2,1H3. The molecule has 1 aliphatic carbocycles. The second kappa shape index (κ2) is 3.96. The second-order valence-corrected chi connectivity index (χ2v) is 5.63. The van der Waals surface area contributed by atoms with Gasteiger partial charge in [0.2, 0.25) is 0 Å². The molecule has 2 aromatic carbocycles. The normalized spacial score (nSPS) is 25.5. The highest BCUT2D eigenvalue weighted by Crippen LogP contribution is 2.62. The van der Waals surface area contributed by atoms with Gasteiger partial charge in [0, 0.05) is 5.41 Å². The second-order valence-electron chi connectivity index (χ2n) is 4.92. The fourth-order valence-corrected chi connectivity index (χ4v) is 3.98. The van der Waals surface area contributed by atoms with Crippen LogP contribution in [0.1, 0.15) is 18.1 Å². The zero-order valence-corrected chi connectivity index (χ0v) is 11.2. The van der Waals surface area contributed by atoms with Crippen molar-refractivity contribution < 1.29 is 0 Å². The molecule has 17 heavy (non-hydrogen) atoms. The van der Waals surface area contributed by atoms with Crippen LogP contribution in [-0.2, 0) is 5.41 Å². The Morgan fingerprint density at radius 1 is 0.824 bits per heavy atom. The van der Waals surface area contributed by atoms with Crippen molar-refractivity contribution in [2.24, 2.45) is 5.92 Å². The van der Waals surface area contributed by atoms with Gasteiger partial charge in [0.15, 0.2) is 0 Å². The molecule has 0 heterocycles. The average molecular weight is 240 g/mol. The Morgan fingerprint density at radius 2 is 1.18 bits per heavy atom. The van der Waals surface area contributed by atoms with Crippen molar-refractivity contribution in [3.05, 3.63) is 71.8 Å². The first-order valence-electron chi connectivity index (χ1n) is 6.14. The minimum atomic E-state index is 0.215. The Morgan fingerprint density at radius 3 is 1.47 bits per heavy atom. The summed E-state index contributed by atoms with van der Waals surface area (Å²) in [6, 6.07) is 21.8. The molecule has 0 N–H and O–H groups in total. The fourth-order valence-electron chi connectivity index (χ4n) is 3.10. The highest BCUT2D eigenvalue weighted by atomic mass is 31.0. The molecule has 0 bridgehead atoms. The van der Waals surface area contributed by atoms with Crippen molar-refractivity contribution in [1.82, 2.24) is 0 Å². The van der Waals surface area contributed by atoms with Crippen molar-refractivity contribution in [3.63, 3.8) is 0 Å². The molecule has 0 saturated heterocycles. The average Bonchev–Trinajstić information content (AvgIpc) is 2.95. The maximum absolute atomic E-state index is 3.02. The lowest BCUT2D eigenvalue weighted by atomic mass is 9.86. The Kier molecular flexibility index (Phi) is 2.56. The van der Waals surface area contributed by atoms with Crippen molar-refractivity contribution >= 4 is 9.24 Å². The summed E-state index contributed by atoms with van der Waals surface area (Å²) in [5.41, 5.74) is 3.75. The number of hydrogen-bond acceptors (Lipinski definition) is 0. The number of benzene rings is 2. The summed E-state index contributed by atoms with van der Waals surface area (Å²) in [4.78, 5) is 0. The van der Waals surface area contributed by atoms with Crippen LogP contribution in [0, 0.1) is 5.92 Å². The van der Waals surface area contributed by atoms with Crippen LogP contribution >= 0.6 is 9.24 Å². The molecular formula is C16H17P. The number of rotatable bonds is 2. The number of hydrogen-bond donors (Lipinski definition) is 0. The summed E-state index contributed by atoms with van der Waals surface area (Å²) in [7, 11) is 3.02.